The fourth-order valence-electron chi connectivity index (χ4n) is 2.94. The number of para-hydroxylation sites is 2. The van der Waals surface area contributed by atoms with Crippen LogP contribution in [0, 0.1) is 13.8 Å². The van der Waals surface area contributed by atoms with Crippen LogP contribution >= 0.6 is 23.1 Å². The third-order valence-corrected chi connectivity index (χ3v) is 6.03. The molecule has 0 aliphatic rings. The van der Waals surface area contributed by atoms with Crippen molar-refractivity contribution in [2.24, 2.45) is 0 Å². The Hall–Kier alpha value is -2.64. The number of nitrogens with zero attached hydrogens (tertiary/aromatic N) is 2. The molecule has 142 valence electrons. The van der Waals surface area contributed by atoms with Gasteiger partial charge in [-0.2, -0.15) is 0 Å². The molecule has 4 aromatic rings. The molecule has 2 N–H and O–H groups in total. The Morgan fingerprint density at radius 1 is 1.18 bits per heavy atom. The number of fused-ring (bicyclic) bond motifs is 1. The second-order valence-corrected chi connectivity index (χ2v) is 8.44. The van der Waals surface area contributed by atoms with Crippen LogP contribution < -0.4 is 5.32 Å². The molecular weight excluding hydrogens is 388 g/mol. The zero-order valence-electron chi connectivity index (χ0n) is 15.7. The molecule has 2 aromatic heterocycles. The summed E-state index contributed by atoms with van der Waals surface area (Å²) in [5.41, 5.74) is 6.34. The van der Waals surface area contributed by atoms with E-state index in [2.05, 4.69) is 52.3 Å². The first-order valence-electron chi connectivity index (χ1n) is 8.93. The Labute approximate surface area is 171 Å². The number of aromatic nitrogens is 3. The number of aromatic amines is 1. The lowest BCUT2D eigenvalue weighted by molar-refractivity contribution is -0.113. The van der Waals surface area contributed by atoms with E-state index in [0.717, 1.165) is 28.1 Å². The van der Waals surface area contributed by atoms with Crippen LogP contribution in [0.25, 0.3) is 22.3 Å². The highest BCUT2D eigenvalue weighted by Gasteiger charge is 2.11. The van der Waals surface area contributed by atoms with Gasteiger partial charge in [-0.25, -0.2) is 9.97 Å². The molecule has 0 bridgehead atoms. The van der Waals surface area contributed by atoms with Crippen molar-refractivity contribution in [2.45, 2.75) is 19.6 Å². The average molecular weight is 409 g/mol. The van der Waals surface area contributed by atoms with Crippen LogP contribution in [-0.2, 0) is 10.5 Å². The summed E-state index contributed by atoms with van der Waals surface area (Å²) in [5, 5.41) is 5.51. The van der Waals surface area contributed by atoms with Gasteiger partial charge < -0.3 is 10.3 Å². The lowest BCUT2D eigenvalue weighted by Crippen LogP contribution is -2.14. The van der Waals surface area contributed by atoms with Crippen molar-refractivity contribution in [3.05, 3.63) is 64.8 Å². The van der Waals surface area contributed by atoms with Crippen molar-refractivity contribution in [3.63, 3.8) is 0 Å². The monoisotopic (exact) mass is 408 g/mol. The van der Waals surface area contributed by atoms with E-state index in [0.29, 0.717) is 16.6 Å². The number of nitrogens with one attached hydrogen (secondary N) is 2. The van der Waals surface area contributed by atoms with E-state index in [9.17, 15) is 4.79 Å². The number of amides is 1. The number of benzene rings is 2. The highest BCUT2D eigenvalue weighted by Crippen LogP contribution is 2.28. The number of hydrogen-bond acceptors (Lipinski definition) is 5. The van der Waals surface area contributed by atoms with Gasteiger partial charge >= 0.3 is 0 Å². The number of H-pyrrole nitrogens is 1. The van der Waals surface area contributed by atoms with Gasteiger partial charge in [0, 0.05) is 10.9 Å². The van der Waals surface area contributed by atoms with Gasteiger partial charge in [-0.15, -0.1) is 23.1 Å². The normalized spacial score (nSPS) is 11.1. The SMILES string of the molecule is Cc1ccc(C)c(-c2csc(NC(=O)CSCc3nc4ccccc4[nH]3)n2)c1. The Morgan fingerprint density at radius 3 is 2.89 bits per heavy atom. The maximum Gasteiger partial charge on any atom is 0.236 e. The molecule has 2 heterocycles. The molecule has 0 unspecified atom stereocenters. The third-order valence-electron chi connectivity index (χ3n) is 4.33. The molecule has 7 heteroatoms. The summed E-state index contributed by atoms with van der Waals surface area (Å²) >= 11 is 2.98. The quantitative estimate of drug-likeness (QED) is 0.461. The maximum atomic E-state index is 12.2. The van der Waals surface area contributed by atoms with Crippen molar-refractivity contribution in [1.29, 1.82) is 0 Å². The number of rotatable bonds is 6. The molecule has 2 aromatic carbocycles. The van der Waals surface area contributed by atoms with E-state index in [1.165, 1.54) is 34.2 Å². The Balaban J connectivity index is 1.33. The van der Waals surface area contributed by atoms with Gasteiger partial charge in [0.2, 0.25) is 5.91 Å². The van der Waals surface area contributed by atoms with E-state index in [1.54, 1.807) is 0 Å². The highest BCUT2D eigenvalue weighted by molar-refractivity contribution is 7.99. The molecule has 0 saturated heterocycles. The van der Waals surface area contributed by atoms with Crippen LogP contribution in [-0.4, -0.2) is 26.6 Å². The predicted octanol–water partition coefficient (Wildman–Crippen LogP) is 5.18. The fourth-order valence-corrected chi connectivity index (χ4v) is 4.35. The fraction of sp³-hybridized carbons (Fsp3) is 0.190. The van der Waals surface area contributed by atoms with Gasteiger partial charge in [-0.1, -0.05) is 29.8 Å². The standard InChI is InChI=1S/C21H20N4OS2/c1-13-7-8-14(2)15(9-13)18-10-28-21(24-18)25-20(26)12-27-11-19-22-16-5-3-4-6-17(16)23-19/h3-10H,11-12H2,1-2H3,(H,22,23)(H,24,25,26). The van der Waals surface area contributed by atoms with Gasteiger partial charge in [0.25, 0.3) is 0 Å². The van der Waals surface area contributed by atoms with Gasteiger partial charge in [-0.05, 0) is 37.6 Å². The third kappa shape index (κ3) is 4.26. The van der Waals surface area contributed by atoms with Crippen molar-refractivity contribution < 1.29 is 4.79 Å². The van der Waals surface area contributed by atoms with Crippen LogP contribution in [0.15, 0.2) is 47.8 Å². The molecule has 1 amide bonds. The Kier molecular flexibility index (Phi) is 5.45. The van der Waals surface area contributed by atoms with Crippen molar-refractivity contribution >= 4 is 45.2 Å². The lowest BCUT2D eigenvalue weighted by Gasteiger charge is -2.04. The second kappa shape index (κ2) is 8.16. The summed E-state index contributed by atoms with van der Waals surface area (Å²) in [6, 6.07) is 14.2. The first-order chi connectivity index (χ1) is 13.6. The van der Waals surface area contributed by atoms with Crippen LogP contribution in [0.2, 0.25) is 0 Å². The van der Waals surface area contributed by atoms with Crippen molar-refractivity contribution in [3.8, 4) is 11.3 Å². The Bertz CT molecular complexity index is 1100. The van der Waals surface area contributed by atoms with Crippen LogP contribution in [0.4, 0.5) is 5.13 Å². The predicted molar refractivity (Wildman–Crippen MR) is 118 cm³/mol. The van der Waals surface area contributed by atoms with Gasteiger partial charge in [-0.3, -0.25) is 4.79 Å². The van der Waals surface area contributed by atoms with Gasteiger partial charge in [0.15, 0.2) is 5.13 Å². The number of aryl methyl sites for hydroxylation is 2. The molecule has 0 radical (unpaired) electrons. The van der Waals surface area contributed by atoms with Crippen LogP contribution in [0.1, 0.15) is 17.0 Å². The molecule has 0 atom stereocenters. The number of thioether (sulfide) groups is 1. The highest BCUT2D eigenvalue weighted by atomic mass is 32.2. The van der Waals surface area contributed by atoms with Gasteiger partial charge in [0.1, 0.15) is 5.82 Å². The van der Waals surface area contributed by atoms with Crippen molar-refractivity contribution in [2.75, 3.05) is 11.1 Å². The van der Waals surface area contributed by atoms with E-state index in [-0.39, 0.29) is 5.91 Å². The summed E-state index contributed by atoms with van der Waals surface area (Å²) in [5.74, 6) is 1.84. The zero-order chi connectivity index (χ0) is 19.5. The molecule has 0 spiro atoms. The lowest BCUT2D eigenvalue weighted by atomic mass is 10.0. The number of carbonyl (C=O) groups excluding carboxylic acids is 1. The van der Waals surface area contributed by atoms with E-state index >= 15 is 0 Å². The molecule has 0 saturated carbocycles. The largest absolute Gasteiger partial charge is 0.341 e. The van der Waals surface area contributed by atoms with E-state index in [1.807, 2.05) is 29.6 Å². The number of imidazole rings is 1. The minimum Gasteiger partial charge on any atom is -0.341 e. The summed E-state index contributed by atoms with van der Waals surface area (Å²) in [7, 11) is 0. The average Bonchev–Trinajstić information content (AvgIpc) is 3.30. The van der Waals surface area contributed by atoms with E-state index < -0.39 is 0 Å². The van der Waals surface area contributed by atoms with Crippen LogP contribution in [0.3, 0.4) is 0 Å². The first-order valence-corrected chi connectivity index (χ1v) is 11.0. The molecule has 5 nitrogen and oxygen atoms in total. The molecular formula is C21H20N4OS2. The topological polar surface area (TPSA) is 70.7 Å². The summed E-state index contributed by atoms with van der Waals surface area (Å²) < 4.78 is 0. The number of carbonyl (C=O) groups is 1. The van der Waals surface area contributed by atoms with Gasteiger partial charge in [0.05, 0.1) is 28.2 Å². The molecule has 0 aliphatic carbocycles. The van der Waals surface area contributed by atoms with Crippen molar-refractivity contribution in [1.82, 2.24) is 15.0 Å². The zero-order valence-corrected chi connectivity index (χ0v) is 17.3. The van der Waals surface area contributed by atoms with E-state index in [4.69, 9.17) is 0 Å². The smallest absolute Gasteiger partial charge is 0.236 e. The molecule has 0 fully saturated rings. The summed E-state index contributed by atoms with van der Waals surface area (Å²) in [4.78, 5) is 24.6. The first kappa shape index (κ1) is 18.7. The number of thiazole rings is 1. The second-order valence-electron chi connectivity index (χ2n) is 6.60. The number of hydrogen-bond donors (Lipinski definition) is 2. The minimum atomic E-state index is -0.0528. The summed E-state index contributed by atoms with van der Waals surface area (Å²) in [6.45, 7) is 4.14. The molecule has 0 aliphatic heterocycles. The molecule has 4 rings (SSSR count). The maximum absolute atomic E-state index is 12.2. The minimum absolute atomic E-state index is 0.0528. The number of anilines is 1. The van der Waals surface area contributed by atoms with Crippen LogP contribution in [0.5, 0.6) is 0 Å². The molecule has 28 heavy (non-hydrogen) atoms. The summed E-state index contributed by atoms with van der Waals surface area (Å²) in [6.07, 6.45) is 0. The Morgan fingerprint density at radius 2 is 2.04 bits per heavy atom.